The average molecular weight is 268 g/mol. The zero-order chi connectivity index (χ0) is 13.8. The standard InChI is InChI=1S/C15H22F2N2/c1-3-12-6-5-7-19(12)15-13(16)8-11(9-14(15)17)10-18-4-2/h8-9,12,18H,3-7,10H2,1-2H3. The van der Waals surface area contributed by atoms with Gasteiger partial charge in [0.2, 0.25) is 0 Å². The zero-order valence-corrected chi connectivity index (χ0v) is 11.7. The first-order chi connectivity index (χ1) is 9.17. The van der Waals surface area contributed by atoms with E-state index in [-0.39, 0.29) is 11.7 Å². The fourth-order valence-corrected chi connectivity index (χ4v) is 2.82. The van der Waals surface area contributed by atoms with Gasteiger partial charge >= 0.3 is 0 Å². The summed E-state index contributed by atoms with van der Waals surface area (Å²) in [5.74, 6) is -0.874. The van der Waals surface area contributed by atoms with E-state index in [9.17, 15) is 8.78 Å². The molecule has 0 saturated carbocycles. The van der Waals surface area contributed by atoms with E-state index in [1.165, 1.54) is 12.1 Å². The molecule has 1 atom stereocenters. The number of hydrogen-bond donors (Lipinski definition) is 1. The first-order valence-electron chi connectivity index (χ1n) is 7.12. The van der Waals surface area contributed by atoms with Crippen molar-refractivity contribution in [3.63, 3.8) is 0 Å². The Balaban J connectivity index is 2.26. The number of nitrogens with zero attached hydrogens (tertiary/aromatic N) is 1. The van der Waals surface area contributed by atoms with E-state index in [0.29, 0.717) is 12.1 Å². The van der Waals surface area contributed by atoms with Gasteiger partial charge in [-0.1, -0.05) is 13.8 Å². The zero-order valence-electron chi connectivity index (χ0n) is 11.7. The Morgan fingerprint density at radius 1 is 1.26 bits per heavy atom. The largest absolute Gasteiger partial charge is 0.364 e. The molecule has 19 heavy (non-hydrogen) atoms. The molecular formula is C15H22F2N2. The third kappa shape index (κ3) is 3.06. The second-order valence-corrected chi connectivity index (χ2v) is 5.09. The van der Waals surface area contributed by atoms with Crippen LogP contribution in [-0.4, -0.2) is 19.1 Å². The van der Waals surface area contributed by atoms with Crippen molar-refractivity contribution in [1.82, 2.24) is 5.32 Å². The summed E-state index contributed by atoms with van der Waals surface area (Å²) in [6.07, 6.45) is 2.96. The number of nitrogens with one attached hydrogen (secondary N) is 1. The van der Waals surface area contributed by atoms with Crippen LogP contribution in [0.3, 0.4) is 0 Å². The molecule has 0 bridgehead atoms. The molecule has 1 heterocycles. The normalized spacial score (nSPS) is 19.2. The summed E-state index contributed by atoms with van der Waals surface area (Å²) in [7, 11) is 0. The second kappa shape index (κ2) is 6.33. The Morgan fingerprint density at radius 3 is 2.53 bits per heavy atom. The lowest BCUT2D eigenvalue weighted by Crippen LogP contribution is -2.30. The van der Waals surface area contributed by atoms with Crippen LogP contribution < -0.4 is 10.2 Å². The van der Waals surface area contributed by atoms with Crippen molar-refractivity contribution in [3.05, 3.63) is 29.3 Å². The minimum absolute atomic E-state index is 0.157. The summed E-state index contributed by atoms with van der Waals surface area (Å²) in [6.45, 7) is 6.07. The summed E-state index contributed by atoms with van der Waals surface area (Å²) in [4.78, 5) is 1.89. The molecule has 1 aliphatic heterocycles. The van der Waals surface area contributed by atoms with Gasteiger partial charge in [0, 0.05) is 19.1 Å². The van der Waals surface area contributed by atoms with Crippen LogP contribution in [0, 0.1) is 11.6 Å². The van der Waals surface area contributed by atoms with Crippen LogP contribution in [0.1, 0.15) is 38.7 Å². The minimum atomic E-state index is -0.437. The molecule has 0 aliphatic carbocycles. The first-order valence-corrected chi connectivity index (χ1v) is 7.12. The molecule has 1 aromatic carbocycles. The van der Waals surface area contributed by atoms with E-state index in [4.69, 9.17) is 0 Å². The quantitative estimate of drug-likeness (QED) is 0.880. The lowest BCUT2D eigenvalue weighted by molar-refractivity contribution is 0.552. The average Bonchev–Trinajstić information content (AvgIpc) is 2.83. The first kappa shape index (κ1) is 14.3. The van der Waals surface area contributed by atoms with Gasteiger partial charge in [0.05, 0.1) is 0 Å². The Kier molecular flexibility index (Phi) is 4.75. The molecule has 1 fully saturated rings. The molecule has 2 rings (SSSR count). The molecular weight excluding hydrogens is 246 g/mol. The molecule has 106 valence electrons. The van der Waals surface area contributed by atoms with Crippen LogP contribution >= 0.6 is 0 Å². The third-order valence-corrected chi connectivity index (χ3v) is 3.79. The predicted octanol–water partition coefficient (Wildman–Crippen LogP) is 3.45. The van der Waals surface area contributed by atoms with Crippen molar-refractivity contribution >= 4 is 5.69 Å². The molecule has 0 amide bonds. The molecule has 1 aromatic rings. The molecule has 1 aliphatic rings. The van der Waals surface area contributed by atoms with Crippen LogP contribution in [0.25, 0.3) is 0 Å². The molecule has 1 unspecified atom stereocenters. The van der Waals surface area contributed by atoms with E-state index in [2.05, 4.69) is 12.2 Å². The van der Waals surface area contributed by atoms with Gasteiger partial charge in [-0.3, -0.25) is 0 Å². The highest BCUT2D eigenvalue weighted by molar-refractivity contribution is 5.52. The highest BCUT2D eigenvalue weighted by Crippen LogP contribution is 2.32. The summed E-state index contributed by atoms with van der Waals surface area (Å²) < 4.78 is 28.4. The highest BCUT2D eigenvalue weighted by atomic mass is 19.1. The summed E-state index contributed by atoms with van der Waals surface area (Å²) in [5, 5.41) is 3.08. The van der Waals surface area contributed by atoms with Gasteiger partial charge in [-0.05, 0) is 43.5 Å². The summed E-state index contributed by atoms with van der Waals surface area (Å²) in [5.41, 5.74) is 0.817. The van der Waals surface area contributed by atoms with Gasteiger partial charge in [-0.15, -0.1) is 0 Å². The number of hydrogen-bond acceptors (Lipinski definition) is 2. The van der Waals surface area contributed by atoms with Crippen molar-refractivity contribution < 1.29 is 8.78 Å². The van der Waals surface area contributed by atoms with E-state index in [1.807, 2.05) is 11.8 Å². The van der Waals surface area contributed by atoms with Crippen LogP contribution in [0.2, 0.25) is 0 Å². The second-order valence-electron chi connectivity index (χ2n) is 5.09. The predicted molar refractivity (Wildman–Crippen MR) is 74.4 cm³/mol. The van der Waals surface area contributed by atoms with Gasteiger partial charge in [-0.2, -0.15) is 0 Å². The van der Waals surface area contributed by atoms with E-state index >= 15 is 0 Å². The van der Waals surface area contributed by atoms with Crippen molar-refractivity contribution in [2.45, 2.75) is 45.7 Å². The van der Waals surface area contributed by atoms with Crippen LogP contribution in [-0.2, 0) is 6.54 Å². The van der Waals surface area contributed by atoms with Gasteiger partial charge in [-0.25, -0.2) is 8.78 Å². The Hall–Kier alpha value is -1.16. The molecule has 1 N–H and O–H groups in total. The molecule has 0 aromatic heterocycles. The highest BCUT2D eigenvalue weighted by Gasteiger charge is 2.28. The van der Waals surface area contributed by atoms with Crippen molar-refractivity contribution in [2.24, 2.45) is 0 Å². The molecule has 2 nitrogen and oxygen atoms in total. The molecule has 1 saturated heterocycles. The van der Waals surface area contributed by atoms with E-state index in [1.54, 1.807) is 0 Å². The van der Waals surface area contributed by atoms with Crippen molar-refractivity contribution in [1.29, 1.82) is 0 Å². The Labute approximate surface area is 113 Å². The molecule has 4 heteroatoms. The molecule has 0 radical (unpaired) electrons. The van der Waals surface area contributed by atoms with Crippen LogP contribution in [0.15, 0.2) is 12.1 Å². The van der Waals surface area contributed by atoms with Crippen molar-refractivity contribution in [3.8, 4) is 0 Å². The van der Waals surface area contributed by atoms with Crippen molar-refractivity contribution in [2.75, 3.05) is 18.0 Å². The number of benzene rings is 1. The summed E-state index contributed by atoms with van der Waals surface area (Å²) >= 11 is 0. The van der Waals surface area contributed by atoms with Gasteiger partial charge in [0.1, 0.15) is 17.3 Å². The Bertz CT molecular complexity index is 411. The van der Waals surface area contributed by atoms with Gasteiger partial charge < -0.3 is 10.2 Å². The number of halogens is 2. The maximum Gasteiger partial charge on any atom is 0.149 e. The molecule has 0 spiro atoms. The maximum atomic E-state index is 14.2. The lowest BCUT2D eigenvalue weighted by Gasteiger charge is -2.27. The smallest absolute Gasteiger partial charge is 0.149 e. The monoisotopic (exact) mass is 268 g/mol. The van der Waals surface area contributed by atoms with Crippen LogP contribution in [0.4, 0.5) is 14.5 Å². The topological polar surface area (TPSA) is 15.3 Å². The number of anilines is 1. The fourth-order valence-electron chi connectivity index (χ4n) is 2.82. The lowest BCUT2D eigenvalue weighted by atomic mass is 10.1. The summed E-state index contributed by atoms with van der Waals surface area (Å²) in [6, 6.07) is 3.17. The Morgan fingerprint density at radius 2 is 1.95 bits per heavy atom. The van der Waals surface area contributed by atoms with E-state index in [0.717, 1.165) is 32.4 Å². The third-order valence-electron chi connectivity index (χ3n) is 3.79. The fraction of sp³-hybridized carbons (Fsp3) is 0.600. The van der Waals surface area contributed by atoms with Crippen LogP contribution in [0.5, 0.6) is 0 Å². The SMILES string of the molecule is CCNCc1cc(F)c(N2CCCC2CC)c(F)c1. The van der Waals surface area contributed by atoms with E-state index < -0.39 is 11.6 Å². The minimum Gasteiger partial charge on any atom is -0.364 e. The van der Waals surface area contributed by atoms with Gasteiger partial charge in [0.25, 0.3) is 0 Å². The van der Waals surface area contributed by atoms with Gasteiger partial charge in [0.15, 0.2) is 0 Å². The maximum absolute atomic E-state index is 14.2. The number of rotatable bonds is 5.